The summed E-state index contributed by atoms with van der Waals surface area (Å²) in [6.07, 6.45) is 1.59. The highest BCUT2D eigenvalue weighted by atomic mass is 19.1. The molecule has 0 spiro atoms. The lowest BCUT2D eigenvalue weighted by Gasteiger charge is -2.08. The molecule has 0 aliphatic carbocycles. The maximum absolute atomic E-state index is 13.6. The third-order valence-electron chi connectivity index (χ3n) is 2.21. The fraction of sp³-hybridized carbons (Fsp3) is 0.300. The molecule has 0 unspecified atom stereocenters. The second-order valence-electron chi connectivity index (χ2n) is 3.28. The van der Waals surface area contributed by atoms with E-state index in [1.807, 2.05) is 6.92 Å². The molecule has 1 rings (SSSR count). The van der Waals surface area contributed by atoms with Crippen molar-refractivity contribution < 1.29 is 19.2 Å². The lowest BCUT2D eigenvalue weighted by Crippen LogP contribution is -2.34. The summed E-state index contributed by atoms with van der Waals surface area (Å²) < 4.78 is 13.6. The third-order valence-corrected chi connectivity index (χ3v) is 2.21. The fourth-order valence-corrected chi connectivity index (χ4v) is 1.46. The van der Waals surface area contributed by atoms with Gasteiger partial charge < -0.3 is 10.0 Å². The third kappa shape index (κ3) is 2.43. The van der Waals surface area contributed by atoms with Crippen LogP contribution in [-0.2, 0) is 6.42 Å². The van der Waals surface area contributed by atoms with Crippen molar-refractivity contribution in [3.05, 3.63) is 29.1 Å². The van der Waals surface area contributed by atoms with Gasteiger partial charge in [0.25, 0.3) is 0 Å². The lowest BCUT2D eigenvalue weighted by atomic mass is 9.76. The van der Waals surface area contributed by atoms with Crippen LogP contribution in [0.3, 0.4) is 0 Å². The largest absolute Gasteiger partial charge is 0.489 e. The highest BCUT2D eigenvalue weighted by molar-refractivity contribution is 6.60. The van der Waals surface area contributed by atoms with E-state index in [0.717, 1.165) is 6.42 Å². The van der Waals surface area contributed by atoms with E-state index < -0.39 is 12.9 Å². The normalized spacial score (nSPS) is 10.1. The van der Waals surface area contributed by atoms with Gasteiger partial charge in [-0.2, -0.15) is 0 Å². The maximum Gasteiger partial charge on any atom is 0.489 e. The van der Waals surface area contributed by atoms with Gasteiger partial charge in [-0.3, -0.25) is 4.79 Å². The molecule has 1 aromatic rings. The SMILES string of the molecule is CCCc1ccc(B(O)O)c(C=O)c1F. The number of rotatable bonds is 4. The Hall–Kier alpha value is -1.20. The minimum Gasteiger partial charge on any atom is -0.423 e. The maximum atomic E-state index is 13.6. The van der Waals surface area contributed by atoms with Gasteiger partial charge in [-0.1, -0.05) is 25.5 Å². The molecular formula is C10H12BFO3. The Morgan fingerprint density at radius 2 is 2.13 bits per heavy atom. The van der Waals surface area contributed by atoms with E-state index in [9.17, 15) is 9.18 Å². The average Bonchev–Trinajstić information content (AvgIpc) is 2.20. The van der Waals surface area contributed by atoms with Crippen molar-refractivity contribution in [2.24, 2.45) is 0 Å². The number of carbonyl (C=O) groups excluding carboxylic acids is 1. The van der Waals surface area contributed by atoms with Crippen LogP contribution in [0.2, 0.25) is 0 Å². The Morgan fingerprint density at radius 1 is 1.47 bits per heavy atom. The van der Waals surface area contributed by atoms with Crippen molar-refractivity contribution in [1.29, 1.82) is 0 Å². The topological polar surface area (TPSA) is 57.5 Å². The molecule has 0 aromatic heterocycles. The first-order valence-electron chi connectivity index (χ1n) is 4.74. The van der Waals surface area contributed by atoms with Crippen LogP contribution >= 0.6 is 0 Å². The van der Waals surface area contributed by atoms with E-state index in [1.165, 1.54) is 12.1 Å². The molecule has 15 heavy (non-hydrogen) atoms. The molecular weight excluding hydrogens is 198 g/mol. The summed E-state index contributed by atoms with van der Waals surface area (Å²) in [5, 5.41) is 17.8. The molecule has 0 amide bonds. The first-order valence-corrected chi connectivity index (χ1v) is 4.74. The molecule has 2 N–H and O–H groups in total. The quantitative estimate of drug-likeness (QED) is 0.553. The molecule has 5 heteroatoms. The fourth-order valence-electron chi connectivity index (χ4n) is 1.46. The molecule has 0 aliphatic heterocycles. The first kappa shape index (κ1) is 11.9. The van der Waals surface area contributed by atoms with Crippen LogP contribution in [0.15, 0.2) is 12.1 Å². The van der Waals surface area contributed by atoms with Gasteiger partial charge in [0.2, 0.25) is 0 Å². The summed E-state index contributed by atoms with van der Waals surface area (Å²) in [6.45, 7) is 1.90. The number of aldehydes is 1. The predicted octanol–water partition coefficient (Wildman–Crippen LogP) is 0.271. The minimum absolute atomic E-state index is 0.0950. The van der Waals surface area contributed by atoms with Crippen molar-refractivity contribution in [3.8, 4) is 0 Å². The van der Waals surface area contributed by atoms with Crippen LogP contribution in [0.5, 0.6) is 0 Å². The molecule has 0 fully saturated rings. The standard InChI is InChI=1S/C10H12BFO3/c1-2-3-7-4-5-9(11(14)15)8(6-13)10(7)12/h4-6,14-15H,2-3H2,1H3. The number of carbonyl (C=O) groups is 1. The average molecular weight is 210 g/mol. The van der Waals surface area contributed by atoms with E-state index in [4.69, 9.17) is 10.0 Å². The van der Waals surface area contributed by atoms with E-state index in [0.29, 0.717) is 18.3 Å². The summed E-state index contributed by atoms with van der Waals surface area (Å²) in [5.41, 5.74) is 0.0577. The van der Waals surface area contributed by atoms with Gasteiger partial charge in [0, 0.05) is 0 Å². The van der Waals surface area contributed by atoms with Crippen LogP contribution in [0.4, 0.5) is 4.39 Å². The highest BCUT2D eigenvalue weighted by Gasteiger charge is 2.20. The number of aryl methyl sites for hydroxylation is 1. The summed E-state index contributed by atoms with van der Waals surface area (Å²) in [5.74, 6) is -0.655. The smallest absolute Gasteiger partial charge is 0.423 e. The van der Waals surface area contributed by atoms with Gasteiger partial charge in [0.15, 0.2) is 6.29 Å². The lowest BCUT2D eigenvalue weighted by molar-refractivity contribution is 0.112. The van der Waals surface area contributed by atoms with Gasteiger partial charge in [0.1, 0.15) is 5.82 Å². The Bertz CT molecular complexity index is 366. The second kappa shape index (κ2) is 5.05. The van der Waals surface area contributed by atoms with Gasteiger partial charge in [-0.25, -0.2) is 4.39 Å². The second-order valence-corrected chi connectivity index (χ2v) is 3.28. The van der Waals surface area contributed by atoms with Crippen molar-refractivity contribution in [3.63, 3.8) is 0 Å². The molecule has 0 atom stereocenters. The van der Waals surface area contributed by atoms with Crippen LogP contribution in [-0.4, -0.2) is 23.5 Å². The van der Waals surface area contributed by atoms with E-state index in [1.54, 1.807) is 0 Å². The van der Waals surface area contributed by atoms with Crippen molar-refractivity contribution in [1.82, 2.24) is 0 Å². The minimum atomic E-state index is -1.82. The zero-order valence-electron chi connectivity index (χ0n) is 8.40. The van der Waals surface area contributed by atoms with Crippen LogP contribution in [0.25, 0.3) is 0 Å². The predicted molar refractivity (Wildman–Crippen MR) is 55.6 cm³/mol. The van der Waals surface area contributed by atoms with Crippen LogP contribution in [0, 0.1) is 5.82 Å². The van der Waals surface area contributed by atoms with E-state index in [-0.39, 0.29) is 11.0 Å². The van der Waals surface area contributed by atoms with E-state index in [2.05, 4.69) is 0 Å². The molecule has 0 radical (unpaired) electrons. The van der Waals surface area contributed by atoms with Gasteiger partial charge >= 0.3 is 7.12 Å². The summed E-state index contributed by atoms with van der Waals surface area (Å²) >= 11 is 0. The summed E-state index contributed by atoms with van der Waals surface area (Å²) in [6, 6.07) is 2.84. The molecule has 0 saturated heterocycles. The Morgan fingerprint density at radius 3 is 2.60 bits per heavy atom. The molecule has 0 saturated carbocycles. The van der Waals surface area contributed by atoms with Crippen LogP contribution < -0.4 is 5.46 Å². The molecule has 0 aliphatic rings. The van der Waals surface area contributed by atoms with Crippen LogP contribution in [0.1, 0.15) is 29.3 Å². The number of hydrogen-bond acceptors (Lipinski definition) is 3. The molecule has 0 bridgehead atoms. The molecule has 3 nitrogen and oxygen atoms in total. The number of halogens is 1. The Balaban J connectivity index is 3.26. The van der Waals surface area contributed by atoms with E-state index >= 15 is 0 Å². The zero-order valence-corrected chi connectivity index (χ0v) is 8.40. The summed E-state index contributed by atoms with van der Waals surface area (Å²) in [4.78, 5) is 10.6. The number of hydrogen-bond donors (Lipinski definition) is 2. The Kier molecular flexibility index (Phi) is 4.00. The zero-order chi connectivity index (χ0) is 11.4. The monoisotopic (exact) mass is 210 g/mol. The van der Waals surface area contributed by atoms with Crippen molar-refractivity contribution in [2.45, 2.75) is 19.8 Å². The van der Waals surface area contributed by atoms with Gasteiger partial charge in [-0.05, 0) is 17.4 Å². The summed E-state index contributed by atoms with van der Waals surface area (Å²) in [7, 11) is -1.82. The van der Waals surface area contributed by atoms with Gasteiger partial charge in [-0.15, -0.1) is 0 Å². The molecule has 80 valence electrons. The van der Waals surface area contributed by atoms with Crippen molar-refractivity contribution in [2.75, 3.05) is 0 Å². The molecule has 0 heterocycles. The van der Waals surface area contributed by atoms with Crippen molar-refractivity contribution >= 4 is 18.9 Å². The molecule has 1 aromatic carbocycles. The first-order chi connectivity index (χ1) is 7.11. The number of benzene rings is 1. The highest BCUT2D eigenvalue weighted by Crippen LogP contribution is 2.12. The Labute approximate surface area is 87.7 Å². The van der Waals surface area contributed by atoms with Gasteiger partial charge in [0.05, 0.1) is 5.56 Å².